The molecule has 1 aliphatic rings. The average Bonchev–Trinajstić information content (AvgIpc) is 2.43. The minimum Gasteiger partial charge on any atom is -0.481 e. The molecule has 0 saturated carbocycles. The van der Waals surface area contributed by atoms with Gasteiger partial charge in [-0.25, -0.2) is 0 Å². The van der Waals surface area contributed by atoms with Crippen molar-refractivity contribution < 1.29 is 14.7 Å². The molecule has 1 amide bonds. The summed E-state index contributed by atoms with van der Waals surface area (Å²) in [4.78, 5) is 25.0. The van der Waals surface area contributed by atoms with Crippen LogP contribution in [0.15, 0.2) is 24.3 Å². The van der Waals surface area contributed by atoms with Crippen LogP contribution in [0.25, 0.3) is 0 Å². The highest BCUT2D eigenvalue weighted by molar-refractivity contribution is 5.92. The van der Waals surface area contributed by atoms with Gasteiger partial charge in [-0.3, -0.25) is 14.5 Å². The molecule has 5 heteroatoms. The van der Waals surface area contributed by atoms with Gasteiger partial charge >= 0.3 is 5.97 Å². The highest BCUT2D eigenvalue weighted by Gasteiger charge is 2.26. The first-order valence-corrected chi connectivity index (χ1v) is 7.37. The SMILES string of the molecule is Cc1ccc(NC(=O)CN2CCCCC2CC(=O)O)cc1. The number of aliphatic carboxylic acids is 1. The largest absolute Gasteiger partial charge is 0.481 e. The predicted molar refractivity (Wildman–Crippen MR) is 81.3 cm³/mol. The quantitative estimate of drug-likeness (QED) is 0.872. The van der Waals surface area contributed by atoms with Gasteiger partial charge in [0.25, 0.3) is 0 Å². The van der Waals surface area contributed by atoms with Crippen molar-refractivity contribution in [3.8, 4) is 0 Å². The third kappa shape index (κ3) is 4.86. The molecule has 1 saturated heterocycles. The minimum atomic E-state index is -0.800. The summed E-state index contributed by atoms with van der Waals surface area (Å²) in [5, 5.41) is 11.8. The molecule has 2 rings (SSSR count). The maximum absolute atomic E-state index is 12.1. The number of piperidine rings is 1. The topological polar surface area (TPSA) is 69.6 Å². The van der Waals surface area contributed by atoms with Crippen LogP contribution in [-0.2, 0) is 9.59 Å². The zero-order valence-electron chi connectivity index (χ0n) is 12.3. The Morgan fingerprint density at radius 2 is 2.00 bits per heavy atom. The van der Waals surface area contributed by atoms with Crippen molar-refractivity contribution in [2.24, 2.45) is 0 Å². The second-order valence-corrected chi connectivity index (χ2v) is 5.63. The molecule has 5 nitrogen and oxygen atoms in total. The third-order valence-corrected chi connectivity index (χ3v) is 3.84. The highest BCUT2D eigenvalue weighted by Crippen LogP contribution is 2.19. The lowest BCUT2D eigenvalue weighted by atomic mass is 9.99. The van der Waals surface area contributed by atoms with Crippen molar-refractivity contribution in [2.75, 3.05) is 18.4 Å². The van der Waals surface area contributed by atoms with E-state index in [9.17, 15) is 9.59 Å². The van der Waals surface area contributed by atoms with Crippen LogP contribution < -0.4 is 5.32 Å². The minimum absolute atomic E-state index is 0.0278. The average molecular weight is 290 g/mol. The lowest BCUT2D eigenvalue weighted by molar-refractivity contribution is -0.139. The van der Waals surface area contributed by atoms with Gasteiger partial charge in [-0.2, -0.15) is 0 Å². The summed E-state index contributed by atoms with van der Waals surface area (Å²) in [6.07, 6.45) is 3.02. The standard InChI is InChI=1S/C16H22N2O3/c1-12-5-7-13(8-6-12)17-15(19)11-18-9-3-2-4-14(18)10-16(20)21/h5-8,14H,2-4,9-11H2,1H3,(H,17,19)(H,20,21). The summed E-state index contributed by atoms with van der Waals surface area (Å²) in [6, 6.07) is 7.61. The van der Waals surface area contributed by atoms with Gasteiger partial charge in [0.1, 0.15) is 0 Å². The molecular formula is C16H22N2O3. The summed E-state index contributed by atoms with van der Waals surface area (Å²) in [7, 11) is 0. The molecule has 1 heterocycles. The number of likely N-dealkylation sites (tertiary alicyclic amines) is 1. The second kappa shape index (κ2) is 7.22. The van der Waals surface area contributed by atoms with Crippen molar-refractivity contribution in [2.45, 2.75) is 38.6 Å². The number of carboxylic acid groups (broad SMARTS) is 1. The number of rotatable bonds is 5. The fourth-order valence-corrected chi connectivity index (χ4v) is 2.72. The van der Waals surface area contributed by atoms with E-state index in [0.29, 0.717) is 0 Å². The van der Waals surface area contributed by atoms with Crippen LogP contribution in [0.2, 0.25) is 0 Å². The molecule has 0 aliphatic carbocycles. The molecule has 0 aromatic heterocycles. The van der Waals surface area contributed by atoms with E-state index >= 15 is 0 Å². The van der Waals surface area contributed by atoms with Gasteiger partial charge < -0.3 is 10.4 Å². The molecule has 0 bridgehead atoms. The highest BCUT2D eigenvalue weighted by atomic mass is 16.4. The van der Waals surface area contributed by atoms with Crippen LogP contribution in [0.5, 0.6) is 0 Å². The number of amides is 1. The van der Waals surface area contributed by atoms with Gasteiger partial charge in [-0.15, -0.1) is 0 Å². The number of benzene rings is 1. The number of carbonyl (C=O) groups is 2. The number of hydrogen-bond acceptors (Lipinski definition) is 3. The van der Waals surface area contributed by atoms with Crippen molar-refractivity contribution in [3.63, 3.8) is 0 Å². The van der Waals surface area contributed by atoms with Gasteiger partial charge in [-0.1, -0.05) is 24.1 Å². The van der Waals surface area contributed by atoms with E-state index in [4.69, 9.17) is 5.11 Å². The number of aryl methyl sites for hydroxylation is 1. The van der Waals surface area contributed by atoms with Gasteiger partial charge in [-0.05, 0) is 38.4 Å². The van der Waals surface area contributed by atoms with E-state index < -0.39 is 5.97 Å². The normalized spacial score (nSPS) is 19.2. The fraction of sp³-hybridized carbons (Fsp3) is 0.500. The van der Waals surface area contributed by atoms with Crippen LogP contribution in [0.4, 0.5) is 5.69 Å². The van der Waals surface area contributed by atoms with Crippen LogP contribution in [0, 0.1) is 6.92 Å². The molecule has 0 radical (unpaired) electrons. The third-order valence-electron chi connectivity index (χ3n) is 3.84. The first kappa shape index (κ1) is 15.5. The summed E-state index contributed by atoms with van der Waals surface area (Å²) in [6.45, 7) is 3.04. The second-order valence-electron chi connectivity index (χ2n) is 5.63. The molecule has 114 valence electrons. The Kier molecular flexibility index (Phi) is 5.33. The fourth-order valence-electron chi connectivity index (χ4n) is 2.72. The Labute approximate surface area is 125 Å². The molecule has 1 fully saturated rings. The molecular weight excluding hydrogens is 268 g/mol. The Hall–Kier alpha value is -1.88. The Balaban J connectivity index is 1.90. The smallest absolute Gasteiger partial charge is 0.304 e. The monoisotopic (exact) mass is 290 g/mol. The van der Waals surface area contributed by atoms with Crippen LogP contribution in [0.3, 0.4) is 0 Å². The molecule has 0 spiro atoms. The zero-order chi connectivity index (χ0) is 15.2. The number of carboxylic acids is 1. The summed E-state index contributed by atoms with van der Waals surface area (Å²) in [5.74, 6) is -0.887. The van der Waals surface area contributed by atoms with Gasteiger partial charge in [0, 0.05) is 11.7 Å². The molecule has 1 unspecified atom stereocenters. The van der Waals surface area contributed by atoms with E-state index in [2.05, 4.69) is 5.32 Å². The van der Waals surface area contributed by atoms with Crippen molar-refractivity contribution in [3.05, 3.63) is 29.8 Å². The molecule has 1 aromatic carbocycles. The molecule has 21 heavy (non-hydrogen) atoms. The lowest BCUT2D eigenvalue weighted by Gasteiger charge is -2.34. The molecule has 1 atom stereocenters. The van der Waals surface area contributed by atoms with Crippen LogP contribution in [-0.4, -0.2) is 41.0 Å². The van der Waals surface area contributed by atoms with E-state index in [1.807, 2.05) is 36.1 Å². The van der Waals surface area contributed by atoms with E-state index in [0.717, 1.165) is 37.1 Å². The molecule has 2 N–H and O–H groups in total. The summed E-state index contributed by atoms with van der Waals surface area (Å²) < 4.78 is 0. The maximum atomic E-state index is 12.1. The van der Waals surface area contributed by atoms with Crippen LogP contribution in [0.1, 0.15) is 31.2 Å². The number of nitrogens with zero attached hydrogens (tertiary/aromatic N) is 1. The number of hydrogen-bond donors (Lipinski definition) is 2. The van der Waals surface area contributed by atoms with Crippen molar-refractivity contribution in [1.82, 2.24) is 4.90 Å². The molecule has 1 aromatic rings. The van der Waals surface area contributed by atoms with Gasteiger partial charge in [0.15, 0.2) is 0 Å². The summed E-state index contributed by atoms with van der Waals surface area (Å²) in [5.41, 5.74) is 1.92. The van der Waals surface area contributed by atoms with Gasteiger partial charge in [0.05, 0.1) is 13.0 Å². The zero-order valence-corrected chi connectivity index (χ0v) is 12.3. The number of anilines is 1. The maximum Gasteiger partial charge on any atom is 0.304 e. The first-order valence-electron chi connectivity index (χ1n) is 7.37. The molecule has 1 aliphatic heterocycles. The van der Waals surface area contributed by atoms with Crippen molar-refractivity contribution in [1.29, 1.82) is 0 Å². The number of carbonyl (C=O) groups excluding carboxylic acids is 1. The summed E-state index contributed by atoms with van der Waals surface area (Å²) >= 11 is 0. The Bertz CT molecular complexity index is 499. The van der Waals surface area contributed by atoms with Crippen molar-refractivity contribution >= 4 is 17.6 Å². The number of nitrogens with one attached hydrogen (secondary N) is 1. The first-order chi connectivity index (χ1) is 10.0. The Morgan fingerprint density at radius 3 is 2.67 bits per heavy atom. The van der Waals surface area contributed by atoms with E-state index in [-0.39, 0.29) is 24.9 Å². The van der Waals surface area contributed by atoms with Gasteiger partial charge in [0.2, 0.25) is 5.91 Å². The van der Waals surface area contributed by atoms with Crippen LogP contribution >= 0.6 is 0 Å². The lowest BCUT2D eigenvalue weighted by Crippen LogP contribution is -2.44. The Morgan fingerprint density at radius 1 is 1.29 bits per heavy atom. The van der Waals surface area contributed by atoms with E-state index in [1.165, 1.54) is 0 Å². The predicted octanol–water partition coefficient (Wildman–Crippen LogP) is 2.26. The van der Waals surface area contributed by atoms with E-state index in [1.54, 1.807) is 0 Å².